The van der Waals surface area contributed by atoms with Crippen molar-refractivity contribution in [2.45, 2.75) is 10.9 Å². The first-order chi connectivity index (χ1) is 15.1. The molecule has 0 atom stereocenters. The van der Waals surface area contributed by atoms with Gasteiger partial charge in [0.25, 0.3) is 5.56 Å². The molecule has 4 aromatic rings. The molecule has 31 heavy (non-hydrogen) atoms. The van der Waals surface area contributed by atoms with Crippen molar-refractivity contribution in [3.8, 4) is 22.9 Å². The van der Waals surface area contributed by atoms with Crippen molar-refractivity contribution < 1.29 is 14.2 Å². The number of thioether (sulfide) groups is 1. The summed E-state index contributed by atoms with van der Waals surface area (Å²) in [5.41, 5.74) is 2.18. The van der Waals surface area contributed by atoms with Crippen LogP contribution in [0.15, 0.2) is 76.7 Å². The summed E-state index contributed by atoms with van der Waals surface area (Å²) in [6.07, 6.45) is 0. The van der Waals surface area contributed by atoms with Crippen LogP contribution in [0.5, 0.6) is 17.2 Å². The Bertz CT molecular complexity index is 1290. The lowest BCUT2D eigenvalue weighted by atomic mass is 10.2. The van der Waals surface area contributed by atoms with Crippen molar-refractivity contribution in [1.82, 2.24) is 9.55 Å². The Morgan fingerprint density at radius 1 is 0.871 bits per heavy atom. The number of rotatable bonds is 7. The second kappa shape index (κ2) is 9.14. The fourth-order valence-electron chi connectivity index (χ4n) is 3.32. The predicted molar refractivity (Wildman–Crippen MR) is 123 cm³/mol. The Balaban J connectivity index is 1.82. The molecule has 6 nitrogen and oxygen atoms in total. The molecular weight excluding hydrogens is 412 g/mol. The van der Waals surface area contributed by atoms with Crippen LogP contribution in [-0.4, -0.2) is 30.9 Å². The van der Waals surface area contributed by atoms with Gasteiger partial charge in [-0.05, 0) is 42.5 Å². The number of benzene rings is 3. The molecule has 0 fully saturated rings. The number of nitrogens with zero attached hydrogens (tertiary/aromatic N) is 2. The maximum Gasteiger partial charge on any atom is 0.266 e. The Morgan fingerprint density at radius 2 is 1.65 bits per heavy atom. The molecule has 0 unspecified atom stereocenters. The van der Waals surface area contributed by atoms with Gasteiger partial charge >= 0.3 is 0 Å². The number of para-hydroxylation sites is 1. The van der Waals surface area contributed by atoms with Gasteiger partial charge in [-0.1, -0.05) is 30.0 Å². The third-order valence-electron chi connectivity index (χ3n) is 4.90. The van der Waals surface area contributed by atoms with Crippen LogP contribution < -0.4 is 19.8 Å². The minimum absolute atomic E-state index is 0.126. The lowest BCUT2D eigenvalue weighted by molar-refractivity contribution is 0.400. The van der Waals surface area contributed by atoms with Crippen LogP contribution >= 0.6 is 11.8 Å². The summed E-state index contributed by atoms with van der Waals surface area (Å²) < 4.78 is 17.8. The van der Waals surface area contributed by atoms with Crippen molar-refractivity contribution in [2.75, 3.05) is 21.3 Å². The number of ether oxygens (including phenoxy) is 3. The minimum atomic E-state index is -0.126. The normalized spacial score (nSPS) is 10.8. The van der Waals surface area contributed by atoms with Crippen molar-refractivity contribution in [3.05, 3.63) is 82.6 Å². The van der Waals surface area contributed by atoms with Gasteiger partial charge in [0.1, 0.15) is 17.2 Å². The van der Waals surface area contributed by atoms with E-state index in [-0.39, 0.29) is 5.56 Å². The largest absolute Gasteiger partial charge is 0.497 e. The zero-order valence-electron chi connectivity index (χ0n) is 17.5. The number of hydrogen-bond acceptors (Lipinski definition) is 6. The molecule has 0 radical (unpaired) electrons. The molecule has 158 valence electrons. The highest BCUT2D eigenvalue weighted by Gasteiger charge is 2.15. The third kappa shape index (κ3) is 4.22. The van der Waals surface area contributed by atoms with Crippen LogP contribution in [0.3, 0.4) is 0 Å². The van der Waals surface area contributed by atoms with Crippen molar-refractivity contribution >= 4 is 22.7 Å². The molecule has 0 saturated carbocycles. The van der Waals surface area contributed by atoms with Gasteiger partial charge in [-0.3, -0.25) is 9.36 Å². The Kier molecular flexibility index (Phi) is 6.13. The van der Waals surface area contributed by atoms with Gasteiger partial charge < -0.3 is 14.2 Å². The molecule has 0 N–H and O–H groups in total. The Hall–Kier alpha value is -3.45. The van der Waals surface area contributed by atoms with Gasteiger partial charge in [-0.15, -0.1) is 0 Å². The van der Waals surface area contributed by atoms with E-state index in [0.717, 1.165) is 17.1 Å². The molecule has 7 heteroatoms. The summed E-state index contributed by atoms with van der Waals surface area (Å²) >= 11 is 1.46. The number of hydrogen-bond donors (Lipinski definition) is 0. The quantitative estimate of drug-likeness (QED) is 0.310. The monoisotopic (exact) mass is 434 g/mol. The molecule has 0 aliphatic rings. The second-order valence-electron chi connectivity index (χ2n) is 6.72. The molecule has 0 amide bonds. The first kappa shape index (κ1) is 20.8. The van der Waals surface area contributed by atoms with Crippen LogP contribution in [0.4, 0.5) is 0 Å². The van der Waals surface area contributed by atoms with E-state index < -0.39 is 0 Å². The second-order valence-corrected chi connectivity index (χ2v) is 7.66. The summed E-state index contributed by atoms with van der Waals surface area (Å²) in [5, 5.41) is 1.15. The average Bonchev–Trinajstić information content (AvgIpc) is 2.82. The molecular formula is C24H22N2O4S. The topological polar surface area (TPSA) is 62.6 Å². The fourth-order valence-corrected chi connectivity index (χ4v) is 4.31. The summed E-state index contributed by atoms with van der Waals surface area (Å²) in [6, 6.07) is 20.4. The van der Waals surface area contributed by atoms with Gasteiger partial charge in [0.15, 0.2) is 5.16 Å². The average molecular weight is 435 g/mol. The van der Waals surface area contributed by atoms with Gasteiger partial charge in [0.05, 0.1) is 37.9 Å². The van der Waals surface area contributed by atoms with Crippen LogP contribution in [0, 0.1) is 0 Å². The summed E-state index contributed by atoms with van der Waals surface area (Å²) in [6.45, 7) is 0. The lowest BCUT2D eigenvalue weighted by Gasteiger charge is -2.15. The van der Waals surface area contributed by atoms with E-state index in [1.165, 1.54) is 11.8 Å². The van der Waals surface area contributed by atoms with Crippen LogP contribution in [0.1, 0.15) is 5.56 Å². The van der Waals surface area contributed by atoms with E-state index in [9.17, 15) is 4.79 Å². The Labute approximate surface area is 184 Å². The smallest absolute Gasteiger partial charge is 0.266 e. The van der Waals surface area contributed by atoms with E-state index in [0.29, 0.717) is 33.2 Å². The number of methoxy groups -OCH3 is 3. The molecule has 0 aliphatic carbocycles. The van der Waals surface area contributed by atoms with Gasteiger partial charge in [0.2, 0.25) is 0 Å². The molecule has 1 aromatic heterocycles. The van der Waals surface area contributed by atoms with Crippen molar-refractivity contribution in [3.63, 3.8) is 0 Å². The summed E-state index contributed by atoms with van der Waals surface area (Å²) in [7, 11) is 4.87. The van der Waals surface area contributed by atoms with Crippen molar-refractivity contribution in [2.24, 2.45) is 0 Å². The van der Waals surface area contributed by atoms with E-state index >= 15 is 0 Å². The summed E-state index contributed by atoms with van der Waals surface area (Å²) in [5.74, 6) is 2.72. The highest BCUT2D eigenvalue weighted by atomic mass is 32.2. The highest BCUT2D eigenvalue weighted by Crippen LogP contribution is 2.31. The molecule has 0 spiro atoms. The summed E-state index contributed by atoms with van der Waals surface area (Å²) in [4.78, 5) is 18.2. The zero-order chi connectivity index (χ0) is 21.8. The van der Waals surface area contributed by atoms with E-state index in [2.05, 4.69) is 0 Å². The molecule has 0 bridgehead atoms. The molecule has 1 heterocycles. The van der Waals surface area contributed by atoms with Gasteiger partial charge in [-0.25, -0.2) is 4.98 Å². The minimum Gasteiger partial charge on any atom is -0.497 e. The zero-order valence-corrected chi connectivity index (χ0v) is 18.3. The number of fused-ring (bicyclic) bond motifs is 1. The first-order valence-electron chi connectivity index (χ1n) is 9.64. The third-order valence-corrected chi connectivity index (χ3v) is 5.89. The first-order valence-corrected chi connectivity index (χ1v) is 10.6. The van der Waals surface area contributed by atoms with Crippen molar-refractivity contribution in [1.29, 1.82) is 0 Å². The molecule has 3 aromatic carbocycles. The fraction of sp³-hybridized carbons (Fsp3) is 0.167. The lowest BCUT2D eigenvalue weighted by Crippen LogP contribution is -2.21. The standard InChI is InChI=1S/C24H22N2O4S/c1-28-18-8-6-7-17(14-18)26-23(27)20-9-4-5-10-21(20)25-24(26)31-15-16-13-19(29-2)11-12-22(16)30-3/h4-14H,15H2,1-3H3. The van der Waals surface area contributed by atoms with E-state index in [4.69, 9.17) is 19.2 Å². The van der Waals surface area contributed by atoms with Crippen LogP contribution in [-0.2, 0) is 5.75 Å². The number of aromatic nitrogens is 2. The molecule has 4 rings (SSSR count). The van der Waals surface area contributed by atoms with Gasteiger partial charge in [-0.2, -0.15) is 0 Å². The van der Waals surface area contributed by atoms with Crippen LogP contribution in [0.25, 0.3) is 16.6 Å². The predicted octanol–water partition coefficient (Wildman–Crippen LogP) is 4.70. The Morgan fingerprint density at radius 3 is 2.42 bits per heavy atom. The van der Waals surface area contributed by atoms with Gasteiger partial charge in [0, 0.05) is 17.4 Å². The molecule has 0 aliphatic heterocycles. The maximum atomic E-state index is 13.4. The maximum absolute atomic E-state index is 13.4. The van der Waals surface area contributed by atoms with E-state index in [1.807, 2.05) is 60.7 Å². The SMILES string of the molecule is COc1cccc(-n2c(SCc3cc(OC)ccc3OC)nc3ccccc3c2=O)c1. The van der Waals surface area contributed by atoms with E-state index in [1.54, 1.807) is 32.0 Å². The van der Waals surface area contributed by atoms with Crippen LogP contribution in [0.2, 0.25) is 0 Å². The highest BCUT2D eigenvalue weighted by molar-refractivity contribution is 7.98. The molecule has 0 saturated heterocycles.